The number of carbonyl (C=O) groups is 2. The molecular weight excluding hydrogens is 355 g/mol. The molecule has 0 radical (unpaired) electrons. The van der Waals surface area contributed by atoms with Gasteiger partial charge in [0.2, 0.25) is 5.91 Å². The molecule has 2 amide bonds. The number of benzene rings is 2. The second-order valence-corrected chi connectivity index (χ2v) is 6.51. The van der Waals surface area contributed by atoms with Crippen molar-refractivity contribution in [1.82, 2.24) is 9.97 Å². The van der Waals surface area contributed by atoms with Gasteiger partial charge in [-0.15, -0.1) is 0 Å². The first kappa shape index (κ1) is 16.5. The largest absolute Gasteiger partial charge is 0.331 e. The topological polar surface area (TPSA) is 81.0 Å². The molecule has 0 bridgehead atoms. The van der Waals surface area contributed by atoms with Crippen LogP contribution in [0.15, 0.2) is 36.4 Å². The Morgan fingerprint density at radius 1 is 1.19 bits per heavy atom. The molecule has 2 heterocycles. The smallest absolute Gasteiger partial charge is 0.257 e. The van der Waals surface area contributed by atoms with Gasteiger partial charge in [0.05, 0.1) is 16.6 Å². The highest BCUT2D eigenvalue weighted by Crippen LogP contribution is 2.24. The molecule has 3 aromatic rings. The molecule has 8 heteroatoms. The third-order valence-corrected chi connectivity index (χ3v) is 4.55. The minimum Gasteiger partial charge on any atom is -0.331 e. The number of nitrogens with zero attached hydrogens (tertiary/aromatic N) is 1. The Labute approximate surface area is 153 Å². The first-order valence-electron chi connectivity index (χ1n) is 8.14. The van der Waals surface area contributed by atoms with Gasteiger partial charge in [-0.05, 0) is 55.0 Å². The van der Waals surface area contributed by atoms with Crippen molar-refractivity contribution < 1.29 is 14.0 Å². The fraction of sp³-hybridized carbons (Fsp3) is 0.167. The zero-order valence-electron chi connectivity index (χ0n) is 13.6. The van der Waals surface area contributed by atoms with E-state index >= 15 is 0 Å². The summed E-state index contributed by atoms with van der Waals surface area (Å²) in [7, 11) is 0. The zero-order chi connectivity index (χ0) is 18.3. The van der Waals surface area contributed by atoms with Gasteiger partial charge in [0.1, 0.15) is 5.82 Å². The summed E-state index contributed by atoms with van der Waals surface area (Å²) in [4.78, 5) is 31.7. The zero-order valence-corrected chi connectivity index (χ0v) is 14.5. The van der Waals surface area contributed by atoms with Crippen molar-refractivity contribution in [3.05, 3.63) is 52.5 Å². The maximum Gasteiger partial charge on any atom is 0.257 e. The summed E-state index contributed by atoms with van der Waals surface area (Å²) in [6, 6.07) is 9.44. The number of hydrogen-bond acceptors (Lipinski definition) is 3. The van der Waals surface area contributed by atoms with E-state index in [0.29, 0.717) is 34.5 Å². The van der Waals surface area contributed by atoms with Crippen molar-refractivity contribution >= 4 is 46.4 Å². The number of carbonyl (C=O) groups excluding carboxylic acids is 2. The number of aromatic amines is 2. The van der Waals surface area contributed by atoms with Crippen LogP contribution in [0.2, 0.25) is 0 Å². The van der Waals surface area contributed by atoms with Crippen molar-refractivity contribution in [1.29, 1.82) is 0 Å². The summed E-state index contributed by atoms with van der Waals surface area (Å²) < 4.78 is 14.1. The number of hydrogen-bond donors (Lipinski definition) is 3. The summed E-state index contributed by atoms with van der Waals surface area (Å²) in [5.41, 5.74) is 2.40. The van der Waals surface area contributed by atoms with E-state index in [1.807, 2.05) is 0 Å². The maximum atomic E-state index is 13.8. The number of fused-ring (bicyclic) bond motifs is 1. The summed E-state index contributed by atoms with van der Waals surface area (Å²) in [6.45, 7) is 0.707. The summed E-state index contributed by atoms with van der Waals surface area (Å²) in [5, 5.41) is 2.74. The van der Waals surface area contributed by atoms with Gasteiger partial charge in [0.15, 0.2) is 4.77 Å². The minimum atomic E-state index is -0.532. The van der Waals surface area contributed by atoms with Crippen LogP contribution in [0, 0.1) is 10.6 Å². The number of rotatable bonds is 3. The maximum absolute atomic E-state index is 13.8. The molecule has 2 aromatic carbocycles. The first-order valence-corrected chi connectivity index (χ1v) is 8.55. The number of H-pyrrole nitrogens is 2. The van der Waals surface area contributed by atoms with E-state index in [1.54, 1.807) is 29.2 Å². The number of imidazole rings is 1. The second-order valence-electron chi connectivity index (χ2n) is 6.10. The molecule has 4 rings (SSSR count). The fourth-order valence-corrected chi connectivity index (χ4v) is 3.34. The van der Waals surface area contributed by atoms with Crippen molar-refractivity contribution in [3.63, 3.8) is 0 Å². The van der Waals surface area contributed by atoms with Crippen molar-refractivity contribution in [3.8, 4) is 0 Å². The van der Waals surface area contributed by atoms with E-state index in [1.165, 1.54) is 6.07 Å². The lowest BCUT2D eigenvalue weighted by atomic mass is 10.1. The molecule has 0 aliphatic carbocycles. The van der Waals surface area contributed by atoms with Crippen LogP contribution >= 0.6 is 12.2 Å². The molecule has 26 heavy (non-hydrogen) atoms. The predicted octanol–water partition coefficient (Wildman–Crippen LogP) is 3.74. The van der Waals surface area contributed by atoms with Crippen molar-refractivity contribution in [2.24, 2.45) is 0 Å². The summed E-state index contributed by atoms with van der Waals surface area (Å²) in [6.07, 6.45) is 1.41. The van der Waals surface area contributed by atoms with E-state index in [0.717, 1.165) is 18.2 Å². The molecule has 0 atom stereocenters. The van der Waals surface area contributed by atoms with Gasteiger partial charge in [-0.1, -0.05) is 0 Å². The van der Waals surface area contributed by atoms with Crippen LogP contribution in [0.3, 0.4) is 0 Å². The number of nitrogens with one attached hydrogen (secondary N) is 3. The molecule has 0 spiro atoms. The molecule has 1 aliphatic heterocycles. The molecule has 6 nitrogen and oxygen atoms in total. The first-order chi connectivity index (χ1) is 12.5. The van der Waals surface area contributed by atoms with Crippen LogP contribution in [0.1, 0.15) is 23.2 Å². The van der Waals surface area contributed by atoms with E-state index in [2.05, 4.69) is 15.3 Å². The summed E-state index contributed by atoms with van der Waals surface area (Å²) in [5.74, 6) is -0.882. The molecule has 3 N–H and O–H groups in total. The third kappa shape index (κ3) is 2.99. The molecule has 1 aliphatic rings. The Kier molecular flexibility index (Phi) is 4.04. The van der Waals surface area contributed by atoms with Crippen LogP contribution in [0.4, 0.5) is 15.8 Å². The van der Waals surface area contributed by atoms with Gasteiger partial charge in [-0.3, -0.25) is 9.59 Å². The average molecular weight is 370 g/mol. The van der Waals surface area contributed by atoms with Gasteiger partial charge < -0.3 is 20.2 Å². The van der Waals surface area contributed by atoms with Crippen LogP contribution in [0.25, 0.3) is 11.0 Å². The number of halogens is 1. The van der Waals surface area contributed by atoms with Gasteiger partial charge in [-0.25, -0.2) is 4.39 Å². The number of aromatic nitrogens is 2. The Balaban J connectivity index is 1.59. The van der Waals surface area contributed by atoms with E-state index in [9.17, 15) is 14.0 Å². The Morgan fingerprint density at radius 3 is 2.65 bits per heavy atom. The molecule has 0 unspecified atom stereocenters. The lowest BCUT2D eigenvalue weighted by Gasteiger charge is -2.16. The molecule has 1 saturated heterocycles. The third-order valence-electron chi connectivity index (χ3n) is 4.34. The van der Waals surface area contributed by atoms with Crippen LogP contribution < -0.4 is 10.2 Å². The van der Waals surface area contributed by atoms with Gasteiger partial charge in [0.25, 0.3) is 5.91 Å². The molecule has 1 aromatic heterocycles. The highest BCUT2D eigenvalue weighted by atomic mass is 32.1. The van der Waals surface area contributed by atoms with Crippen LogP contribution in [-0.2, 0) is 4.79 Å². The normalized spacial score (nSPS) is 14.2. The highest BCUT2D eigenvalue weighted by molar-refractivity contribution is 7.71. The Bertz CT molecular complexity index is 1070. The van der Waals surface area contributed by atoms with Crippen molar-refractivity contribution in [2.75, 3.05) is 16.8 Å². The van der Waals surface area contributed by atoms with E-state index < -0.39 is 11.7 Å². The monoisotopic (exact) mass is 370 g/mol. The molecule has 0 saturated carbocycles. The van der Waals surface area contributed by atoms with E-state index in [4.69, 9.17) is 12.2 Å². The Hall–Kier alpha value is -3.00. The summed E-state index contributed by atoms with van der Waals surface area (Å²) >= 11 is 5.01. The van der Waals surface area contributed by atoms with Crippen molar-refractivity contribution in [2.45, 2.75) is 12.8 Å². The van der Waals surface area contributed by atoms with Gasteiger partial charge >= 0.3 is 0 Å². The number of anilines is 2. The standard InChI is InChI=1S/C18H15FN4O2S/c19-10-8-13(16-14(9-10)21-18(26)22-16)17(25)20-11-3-5-12(6-4-11)23-7-1-2-15(23)24/h3-6,8-9H,1-2,7H2,(H,20,25)(H2,21,22,26). The Morgan fingerprint density at radius 2 is 1.96 bits per heavy atom. The quantitative estimate of drug-likeness (QED) is 0.614. The average Bonchev–Trinajstić information content (AvgIpc) is 3.19. The second kappa shape index (κ2) is 6.38. The fourth-order valence-electron chi connectivity index (χ4n) is 3.13. The SMILES string of the molecule is O=C(Nc1ccc(N2CCCC2=O)cc1)c1cc(F)cc2[nH]c(=S)[nH]c12. The predicted molar refractivity (Wildman–Crippen MR) is 99.4 cm³/mol. The van der Waals surface area contributed by atoms with Gasteiger partial charge in [0, 0.05) is 24.3 Å². The molecular formula is C18H15FN4O2S. The van der Waals surface area contributed by atoms with Crippen LogP contribution in [-0.4, -0.2) is 28.3 Å². The number of amides is 2. The van der Waals surface area contributed by atoms with Gasteiger partial charge in [-0.2, -0.15) is 0 Å². The minimum absolute atomic E-state index is 0.103. The lowest BCUT2D eigenvalue weighted by Crippen LogP contribution is -2.23. The molecule has 1 fully saturated rings. The highest BCUT2D eigenvalue weighted by Gasteiger charge is 2.21. The van der Waals surface area contributed by atoms with Crippen LogP contribution in [0.5, 0.6) is 0 Å². The lowest BCUT2D eigenvalue weighted by molar-refractivity contribution is -0.117. The van der Waals surface area contributed by atoms with E-state index in [-0.39, 0.29) is 11.5 Å². The molecule has 132 valence electrons.